The van der Waals surface area contributed by atoms with Crippen LogP contribution in [0.1, 0.15) is 24.6 Å². The van der Waals surface area contributed by atoms with Gasteiger partial charge in [-0.25, -0.2) is 0 Å². The van der Waals surface area contributed by atoms with Gasteiger partial charge in [-0.3, -0.25) is 9.89 Å². The molecule has 30 heavy (non-hydrogen) atoms. The van der Waals surface area contributed by atoms with E-state index in [1.165, 1.54) is 0 Å². The van der Waals surface area contributed by atoms with Gasteiger partial charge in [0.1, 0.15) is 6.26 Å². The summed E-state index contributed by atoms with van der Waals surface area (Å²) in [7, 11) is 3.50. The number of hydrogen-bond acceptors (Lipinski definition) is 6. The monoisotopic (exact) mass is 529 g/mol. The predicted octanol–water partition coefficient (Wildman–Crippen LogP) is 2.98. The van der Waals surface area contributed by atoms with E-state index in [-0.39, 0.29) is 24.0 Å². The zero-order chi connectivity index (χ0) is 20.5. The molecule has 1 fully saturated rings. The van der Waals surface area contributed by atoms with E-state index in [2.05, 4.69) is 38.3 Å². The first-order valence-corrected chi connectivity index (χ1v) is 10.1. The van der Waals surface area contributed by atoms with Crippen LogP contribution in [0, 0.1) is 0 Å². The van der Waals surface area contributed by atoms with Crippen molar-refractivity contribution < 1.29 is 14.0 Å². The van der Waals surface area contributed by atoms with Crippen LogP contribution < -0.4 is 14.8 Å². The molecule has 1 saturated heterocycles. The molecule has 1 aromatic carbocycles. The number of halogens is 1. The van der Waals surface area contributed by atoms with E-state index in [1.807, 2.05) is 25.2 Å². The van der Waals surface area contributed by atoms with Crippen LogP contribution in [-0.4, -0.2) is 67.9 Å². The van der Waals surface area contributed by atoms with Crippen molar-refractivity contribution in [2.45, 2.75) is 26.4 Å². The number of aliphatic imine (C=N–C) groups is 1. The number of nitrogens with one attached hydrogen (secondary N) is 1. The molecule has 0 aliphatic carbocycles. The maximum atomic E-state index is 5.73. The molecule has 0 unspecified atom stereocenters. The first-order valence-electron chi connectivity index (χ1n) is 10.1. The molecule has 9 heteroatoms. The van der Waals surface area contributed by atoms with Crippen molar-refractivity contribution in [3.05, 3.63) is 41.8 Å². The summed E-state index contributed by atoms with van der Waals surface area (Å²) < 4.78 is 16.1. The van der Waals surface area contributed by atoms with Crippen LogP contribution in [0.5, 0.6) is 11.5 Å². The van der Waals surface area contributed by atoms with Crippen LogP contribution >= 0.6 is 24.0 Å². The molecule has 0 bridgehead atoms. The second kappa shape index (κ2) is 12.6. The fraction of sp³-hybridized carbons (Fsp3) is 0.524. The highest BCUT2D eigenvalue weighted by Crippen LogP contribution is 2.28. The Bertz CT molecular complexity index is 777. The van der Waals surface area contributed by atoms with Crippen LogP contribution in [0.3, 0.4) is 0 Å². The standard InChI is InChI=1S/C21H31N5O3.HI/c1-4-12-28-19-6-5-17(14-20(19)27-3)15-23-21(22-2)26-10-8-25(9-11-26)16-18-7-13-29-24-18;/h5-7,13-14H,4,8-12,15-16H2,1-3H3,(H,22,23);1H. The Morgan fingerprint density at radius 2 is 2.00 bits per heavy atom. The highest BCUT2D eigenvalue weighted by Gasteiger charge is 2.20. The highest BCUT2D eigenvalue weighted by atomic mass is 127. The second-order valence-corrected chi connectivity index (χ2v) is 6.99. The van der Waals surface area contributed by atoms with Crippen molar-refractivity contribution in [2.24, 2.45) is 4.99 Å². The Morgan fingerprint density at radius 3 is 2.63 bits per heavy atom. The minimum atomic E-state index is 0. The van der Waals surface area contributed by atoms with Gasteiger partial charge in [-0.15, -0.1) is 24.0 Å². The molecule has 0 atom stereocenters. The summed E-state index contributed by atoms with van der Waals surface area (Å²) in [5, 5.41) is 7.46. The van der Waals surface area contributed by atoms with Gasteiger partial charge in [0.2, 0.25) is 0 Å². The molecule has 2 heterocycles. The van der Waals surface area contributed by atoms with Gasteiger partial charge in [-0.2, -0.15) is 0 Å². The molecule has 166 valence electrons. The number of benzene rings is 1. The molecule has 2 aromatic rings. The van der Waals surface area contributed by atoms with Crippen molar-refractivity contribution in [3.63, 3.8) is 0 Å². The van der Waals surface area contributed by atoms with Gasteiger partial charge in [-0.05, 0) is 24.1 Å². The van der Waals surface area contributed by atoms with Crippen molar-refractivity contribution in [2.75, 3.05) is 46.9 Å². The number of aromatic nitrogens is 1. The molecule has 1 aromatic heterocycles. The van der Waals surface area contributed by atoms with Gasteiger partial charge >= 0.3 is 0 Å². The normalized spacial score (nSPS) is 14.9. The van der Waals surface area contributed by atoms with Crippen LogP contribution in [0.2, 0.25) is 0 Å². The van der Waals surface area contributed by atoms with Crippen LogP contribution in [0.15, 0.2) is 40.0 Å². The molecule has 0 radical (unpaired) electrons. The average Bonchev–Trinajstić information content (AvgIpc) is 3.27. The number of rotatable bonds is 8. The van der Waals surface area contributed by atoms with Gasteiger partial charge in [0.05, 0.1) is 19.4 Å². The van der Waals surface area contributed by atoms with Crippen molar-refractivity contribution >= 4 is 29.9 Å². The van der Waals surface area contributed by atoms with Crippen LogP contribution in [-0.2, 0) is 13.1 Å². The molecule has 1 aliphatic rings. The molecule has 1 N–H and O–H groups in total. The number of piperazine rings is 1. The summed E-state index contributed by atoms with van der Waals surface area (Å²) >= 11 is 0. The lowest BCUT2D eigenvalue weighted by Crippen LogP contribution is -2.52. The van der Waals surface area contributed by atoms with Gasteiger partial charge in [0.25, 0.3) is 0 Å². The maximum absolute atomic E-state index is 5.73. The van der Waals surface area contributed by atoms with Gasteiger partial charge in [-0.1, -0.05) is 18.1 Å². The third-order valence-electron chi connectivity index (χ3n) is 4.90. The molecule has 8 nitrogen and oxygen atoms in total. The van der Waals surface area contributed by atoms with Crippen LogP contribution in [0.4, 0.5) is 0 Å². The van der Waals surface area contributed by atoms with E-state index in [0.717, 1.165) is 67.9 Å². The van der Waals surface area contributed by atoms with E-state index in [9.17, 15) is 0 Å². The minimum absolute atomic E-state index is 0. The van der Waals surface area contributed by atoms with E-state index < -0.39 is 0 Å². The summed E-state index contributed by atoms with van der Waals surface area (Å²) in [6.07, 6.45) is 2.59. The Balaban J connectivity index is 0.00000320. The first kappa shape index (κ1) is 24.3. The van der Waals surface area contributed by atoms with Crippen molar-refractivity contribution in [1.82, 2.24) is 20.3 Å². The Kier molecular flexibility index (Phi) is 10.2. The van der Waals surface area contributed by atoms with E-state index in [4.69, 9.17) is 14.0 Å². The Hall–Kier alpha value is -2.01. The predicted molar refractivity (Wildman–Crippen MR) is 128 cm³/mol. The number of ether oxygens (including phenoxy) is 2. The number of guanidine groups is 1. The van der Waals surface area contributed by atoms with Gasteiger partial charge in [0, 0.05) is 52.4 Å². The second-order valence-electron chi connectivity index (χ2n) is 6.99. The quantitative estimate of drug-likeness (QED) is 0.320. The SMILES string of the molecule is CCCOc1ccc(CNC(=NC)N2CCN(Cc3ccon3)CC2)cc1OC.I. The summed E-state index contributed by atoms with van der Waals surface area (Å²) in [5.41, 5.74) is 2.10. The lowest BCUT2D eigenvalue weighted by molar-refractivity contribution is 0.169. The van der Waals surface area contributed by atoms with Crippen molar-refractivity contribution in [1.29, 1.82) is 0 Å². The van der Waals surface area contributed by atoms with Crippen LogP contribution in [0.25, 0.3) is 0 Å². The fourth-order valence-electron chi connectivity index (χ4n) is 3.33. The first-order chi connectivity index (χ1) is 14.2. The van der Waals surface area contributed by atoms with Gasteiger partial charge in [0.15, 0.2) is 17.5 Å². The number of hydrogen-bond donors (Lipinski definition) is 1. The largest absolute Gasteiger partial charge is 0.493 e. The topological polar surface area (TPSA) is 75.4 Å². The summed E-state index contributed by atoms with van der Waals surface area (Å²) in [6, 6.07) is 7.96. The molecule has 0 spiro atoms. The number of nitrogens with zero attached hydrogens (tertiary/aromatic N) is 4. The fourth-order valence-corrected chi connectivity index (χ4v) is 3.33. The Labute approximate surface area is 195 Å². The molecule has 0 saturated carbocycles. The zero-order valence-electron chi connectivity index (χ0n) is 18.0. The molecule has 0 amide bonds. The summed E-state index contributed by atoms with van der Waals surface area (Å²) in [4.78, 5) is 9.12. The van der Waals surface area contributed by atoms with Gasteiger partial charge < -0.3 is 24.2 Å². The Morgan fingerprint density at radius 1 is 1.20 bits per heavy atom. The summed E-state index contributed by atoms with van der Waals surface area (Å²) in [5.74, 6) is 2.45. The third-order valence-corrected chi connectivity index (χ3v) is 4.90. The zero-order valence-corrected chi connectivity index (χ0v) is 20.3. The smallest absolute Gasteiger partial charge is 0.194 e. The highest BCUT2D eigenvalue weighted by molar-refractivity contribution is 14.0. The molecule has 1 aliphatic heterocycles. The minimum Gasteiger partial charge on any atom is -0.493 e. The van der Waals surface area contributed by atoms with E-state index in [0.29, 0.717) is 13.2 Å². The number of methoxy groups -OCH3 is 1. The average molecular weight is 529 g/mol. The third kappa shape index (κ3) is 6.76. The molecular weight excluding hydrogens is 497 g/mol. The van der Waals surface area contributed by atoms with E-state index in [1.54, 1.807) is 13.4 Å². The van der Waals surface area contributed by atoms with Crippen molar-refractivity contribution in [3.8, 4) is 11.5 Å². The lowest BCUT2D eigenvalue weighted by atomic mass is 10.2. The van der Waals surface area contributed by atoms with E-state index >= 15 is 0 Å². The maximum Gasteiger partial charge on any atom is 0.194 e. The summed E-state index contributed by atoms with van der Waals surface area (Å²) in [6.45, 7) is 8.04. The molecule has 3 rings (SSSR count). The lowest BCUT2D eigenvalue weighted by Gasteiger charge is -2.36. The molecular formula is C21H32IN5O3.